The van der Waals surface area contributed by atoms with Gasteiger partial charge < -0.3 is 44.8 Å². The van der Waals surface area contributed by atoms with Crippen LogP contribution in [0.1, 0.15) is 22.3 Å². The average molecular weight is 1780 g/mol. The molecule has 48 heteroatoms. The van der Waals surface area contributed by atoms with Crippen LogP contribution in [0, 0.1) is 0 Å². The number of aromatic amines is 1. The number of methoxy groups -OCH3 is 4. The molecule has 4 aliphatic heterocycles. The van der Waals surface area contributed by atoms with Gasteiger partial charge in [-0.25, -0.2) is 58.7 Å². The van der Waals surface area contributed by atoms with Gasteiger partial charge in [0.15, 0.2) is 28.9 Å². The molecular formula is C80H69F12N27O9. The first-order valence-corrected chi connectivity index (χ1v) is 37.7. The number of pyridine rings is 3. The molecule has 0 saturated carbocycles. The van der Waals surface area contributed by atoms with Gasteiger partial charge in [-0.1, -0.05) is 0 Å². The third-order valence-electron chi connectivity index (χ3n) is 19.1. The minimum absolute atomic E-state index is 0.0680. The van der Waals surface area contributed by atoms with Gasteiger partial charge in [-0.15, -0.1) is 10.2 Å². The van der Waals surface area contributed by atoms with Crippen LogP contribution in [0.5, 0.6) is 23.0 Å². The predicted octanol–water partition coefficient (Wildman–Crippen LogP) is 14.8. The Balaban J connectivity index is 0.000000138. The van der Waals surface area contributed by atoms with Gasteiger partial charge in [-0.2, -0.15) is 77.7 Å². The standard InChI is InChI=1S/C21H17F3N8O2.C21H19F3N6O3.C20H17F3N6O2.C18H16F3N7O2/c1-34-16-5-2-14(3-6-16)32-18-13(8-25-19(28-18)26-11-21(22,23)24)9-31(20(32)33)15-4-7-17-29-27-12-30(17)10-15;1-28-11-15(5-8-17(28)31)29-10-13-9-25-19(26-12-21(22,23)24)27-18(13)30(20(29)32)14-3-6-16(33-2)7-4-14;1-31-16-4-2-15(3-5-16)29-17-13(10-25-18(27-17)26-12-20(21,22)23)11-28(19(29)30)14-6-8-24-9-7-14;1-30-14-4-2-12(3-5-14)28-15-11(6-22-16(26-15)23-10-18(19,20)21)9-27(17(28)29)13-7-24-25-8-13/h2-8,10,12H,9,11H2,1H3,(H,25,26,28);3-9,11H,10,12H2,1-2H3,(H,25,26,27);2-10H,11-12H2,1H3,(H,25,26,27);2-8H,9-10H2,1H3,(H,24,25)(H,22,23,26). The van der Waals surface area contributed by atoms with Crippen molar-refractivity contribution in [1.29, 1.82) is 0 Å². The van der Waals surface area contributed by atoms with Crippen molar-refractivity contribution < 1.29 is 90.8 Å². The highest BCUT2D eigenvalue weighted by Gasteiger charge is 2.41. The Bertz CT molecular complexity index is 6210. The number of urea groups is 4. The summed E-state index contributed by atoms with van der Waals surface area (Å²) in [5.41, 5.74) is 6.59. The zero-order valence-electron chi connectivity index (χ0n) is 67.3. The van der Waals surface area contributed by atoms with Crippen molar-refractivity contribution in [3.8, 4) is 23.0 Å². The van der Waals surface area contributed by atoms with Crippen molar-refractivity contribution >= 4 is 122 Å². The number of nitrogens with one attached hydrogen (secondary N) is 5. The first-order valence-electron chi connectivity index (χ1n) is 37.7. The summed E-state index contributed by atoms with van der Waals surface area (Å²) < 4.78 is 175. The molecule has 0 radical (unpaired) electrons. The quantitative estimate of drug-likeness (QED) is 0.0442. The van der Waals surface area contributed by atoms with Crippen LogP contribution in [-0.4, -0.2) is 178 Å². The number of anilines is 16. The number of alkyl halides is 12. The van der Waals surface area contributed by atoms with E-state index in [2.05, 4.69) is 86.5 Å². The van der Waals surface area contributed by atoms with E-state index in [1.165, 1.54) is 128 Å². The molecule has 0 bridgehead atoms. The van der Waals surface area contributed by atoms with Gasteiger partial charge >= 0.3 is 48.8 Å². The predicted molar refractivity (Wildman–Crippen MR) is 441 cm³/mol. The lowest BCUT2D eigenvalue weighted by Gasteiger charge is -2.36. The number of aromatic nitrogens is 15. The maximum Gasteiger partial charge on any atom is 0.405 e. The fourth-order valence-corrected chi connectivity index (χ4v) is 13.0. The molecule has 36 nitrogen and oxygen atoms in total. The number of carbonyl (C=O) groups excluding carboxylic acids is 4. The Morgan fingerprint density at radius 3 is 0.977 bits per heavy atom. The lowest BCUT2D eigenvalue weighted by atomic mass is 10.1. The number of hydrogen-bond acceptors (Lipinski definition) is 25. The molecule has 0 unspecified atom stereocenters. The normalized spacial score (nSPS) is 13.8. The van der Waals surface area contributed by atoms with E-state index in [9.17, 15) is 76.7 Å². The molecule has 9 aromatic heterocycles. The Labute approximate surface area is 715 Å². The Kier molecular flexibility index (Phi) is 25.5. The lowest BCUT2D eigenvalue weighted by Crippen LogP contribution is -2.46. The second kappa shape index (κ2) is 37.1. The van der Waals surface area contributed by atoms with E-state index in [1.807, 2.05) is 0 Å². The molecule has 0 atom stereocenters. The van der Waals surface area contributed by atoms with Crippen molar-refractivity contribution in [2.24, 2.45) is 7.05 Å². The SMILES string of the molecule is COc1ccc(N2C(=O)N(c3ccc(=O)n(C)c3)Cc3cnc(NCC(F)(F)F)nc32)cc1.COc1ccc(N2C(=O)N(c3ccc4nncn4c3)Cc3cnc(NCC(F)(F)F)nc32)cc1.COc1ccc(N2C(=O)N(c3ccncc3)Cc3cnc(NCC(F)(F)F)nc32)cc1.COc1ccc(N2C(=O)N(c3cn[nH]c3)Cc3cnc(NCC(F)(F)F)nc32)cc1. The number of amides is 8. The Morgan fingerprint density at radius 2 is 0.672 bits per heavy atom. The van der Waals surface area contributed by atoms with Crippen LogP contribution in [0.25, 0.3) is 5.65 Å². The minimum Gasteiger partial charge on any atom is -0.497 e. The number of halogens is 12. The third-order valence-corrected chi connectivity index (χ3v) is 19.1. The van der Waals surface area contributed by atoms with Crippen molar-refractivity contribution in [2.45, 2.75) is 50.9 Å². The summed E-state index contributed by atoms with van der Waals surface area (Å²) >= 11 is 0. The van der Waals surface area contributed by atoms with Crippen molar-refractivity contribution in [2.75, 3.05) is 115 Å². The van der Waals surface area contributed by atoms with Crippen molar-refractivity contribution in [3.63, 3.8) is 0 Å². The number of nitrogens with zero attached hydrogens (tertiary/aromatic N) is 22. The van der Waals surface area contributed by atoms with Crippen LogP contribution in [0.3, 0.4) is 0 Å². The molecule has 0 fully saturated rings. The number of rotatable bonds is 20. The Morgan fingerprint density at radius 1 is 0.367 bits per heavy atom. The van der Waals surface area contributed by atoms with Crippen LogP contribution >= 0.6 is 0 Å². The monoisotopic (exact) mass is 1780 g/mol. The average Bonchev–Trinajstić information content (AvgIpc) is 0.859. The number of hydrogen-bond donors (Lipinski definition) is 5. The van der Waals surface area contributed by atoms with Gasteiger partial charge in [0.1, 0.15) is 55.5 Å². The summed E-state index contributed by atoms with van der Waals surface area (Å²) in [4.78, 5) is 114. The maximum atomic E-state index is 13.7. The highest BCUT2D eigenvalue weighted by atomic mass is 19.4. The van der Waals surface area contributed by atoms with E-state index >= 15 is 0 Å². The van der Waals surface area contributed by atoms with Crippen molar-refractivity contribution in [1.82, 2.24) is 74.2 Å². The molecule has 0 saturated heterocycles. The second-order valence-electron chi connectivity index (χ2n) is 27.6. The zero-order chi connectivity index (χ0) is 90.9. The molecule has 8 amide bonds. The highest BCUT2D eigenvalue weighted by molar-refractivity contribution is 6.13. The van der Waals surface area contributed by atoms with Gasteiger partial charge in [0.2, 0.25) is 29.4 Å². The smallest absolute Gasteiger partial charge is 0.405 e. The van der Waals surface area contributed by atoms with Crippen LogP contribution in [-0.2, 0) is 33.2 Å². The van der Waals surface area contributed by atoms with Gasteiger partial charge in [-0.3, -0.25) is 38.9 Å². The lowest BCUT2D eigenvalue weighted by molar-refractivity contribution is -0.116. The molecule has 5 N–H and O–H groups in total. The number of fused-ring (bicyclic) bond motifs is 5. The highest BCUT2D eigenvalue weighted by Crippen LogP contribution is 2.43. The molecule has 0 spiro atoms. The largest absolute Gasteiger partial charge is 0.497 e. The summed E-state index contributed by atoms with van der Waals surface area (Å²) in [7, 11) is 7.63. The molecule has 17 rings (SSSR count). The summed E-state index contributed by atoms with van der Waals surface area (Å²) in [5, 5.41) is 22.9. The van der Waals surface area contributed by atoms with E-state index < -0.39 is 75.0 Å². The van der Waals surface area contributed by atoms with Gasteiger partial charge in [0.25, 0.3) is 0 Å². The molecule has 4 aromatic carbocycles. The van der Waals surface area contributed by atoms with Gasteiger partial charge in [0.05, 0.1) is 101 Å². The van der Waals surface area contributed by atoms with Crippen LogP contribution in [0.2, 0.25) is 0 Å². The third kappa shape index (κ3) is 20.7. The summed E-state index contributed by atoms with van der Waals surface area (Å²) in [6.45, 7) is -4.70. The molecule has 662 valence electrons. The van der Waals surface area contributed by atoms with Gasteiger partial charge in [0, 0.05) is 96.8 Å². The van der Waals surface area contributed by atoms with E-state index in [0.717, 1.165) is 0 Å². The summed E-state index contributed by atoms with van der Waals surface area (Å²) in [6.07, 6.45) is -1.20. The summed E-state index contributed by atoms with van der Waals surface area (Å²) in [5.74, 6) is 2.14. The Hall–Kier alpha value is -16.2. The summed E-state index contributed by atoms with van der Waals surface area (Å²) in [6, 6.07) is 34.5. The first kappa shape index (κ1) is 88.1. The maximum absolute atomic E-state index is 13.7. The van der Waals surface area contributed by atoms with E-state index in [4.69, 9.17) is 18.9 Å². The molecular weight excluding hydrogens is 1710 g/mol. The van der Waals surface area contributed by atoms with E-state index in [0.29, 0.717) is 96.4 Å². The fraction of sp³-hybridized carbons (Fsp3) is 0.212. The molecule has 128 heavy (non-hydrogen) atoms. The number of ether oxygens (including phenoxy) is 4. The molecule has 0 aliphatic carbocycles. The number of H-pyrrole nitrogens is 1. The van der Waals surface area contributed by atoms with Crippen LogP contribution in [0.15, 0.2) is 207 Å². The zero-order valence-corrected chi connectivity index (χ0v) is 67.3. The van der Waals surface area contributed by atoms with Gasteiger partial charge in [-0.05, 0) is 127 Å². The van der Waals surface area contributed by atoms with Crippen LogP contribution < -0.4 is 85.0 Å². The number of carbonyl (C=O) groups is 4. The van der Waals surface area contributed by atoms with E-state index in [1.54, 1.807) is 158 Å². The first-order chi connectivity index (χ1) is 61.2. The van der Waals surface area contributed by atoms with Crippen molar-refractivity contribution in [3.05, 3.63) is 234 Å². The topological polar surface area (TPSA) is 376 Å². The van der Waals surface area contributed by atoms with E-state index in [-0.39, 0.29) is 78.8 Å². The molecule has 13 heterocycles. The number of benzene rings is 4. The minimum atomic E-state index is -4.45. The molecule has 13 aromatic rings. The number of aryl methyl sites for hydroxylation is 1. The second-order valence-corrected chi connectivity index (χ2v) is 27.6. The molecule has 4 aliphatic rings. The fourth-order valence-electron chi connectivity index (χ4n) is 13.0. The van der Waals surface area contributed by atoms with Crippen LogP contribution in [0.4, 0.5) is 164 Å².